The molecule has 0 heterocycles. The smallest absolute Gasteiger partial charge is 0.303 e. The topological polar surface area (TPSA) is 131 Å². The molecule has 2 aromatic carbocycles. The van der Waals surface area contributed by atoms with E-state index in [4.69, 9.17) is 0 Å². The van der Waals surface area contributed by atoms with E-state index >= 15 is 0 Å². The zero-order valence-electron chi connectivity index (χ0n) is 11.3. The van der Waals surface area contributed by atoms with E-state index in [1.807, 2.05) is 0 Å². The molecule has 0 fully saturated rings. The number of rotatable bonds is 4. The molecule has 9 heteroatoms. The van der Waals surface area contributed by atoms with Crippen molar-refractivity contribution in [1.82, 2.24) is 0 Å². The van der Waals surface area contributed by atoms with Crippen molar-refractivity contribution in [2.24, 2.45) is 10.2 Å². The predicted molar refractivity (Wildman–Crippen MR) is 76.8 cm³/mol. The maximum Gasteiger partial charge on any atom is 0.303 e. The molecular weight excluding hydrogens is 292 g/mol. The van der Waals surface area contributed by atoms with Crippen LogP contribution in [0.2, 0.25) is 0 Å². The number of benzene rings is 2. The highest BCUT2D eigenvalue weighted by Gasteiger charge is 2.19. The van der Waals surface area contributed by atoms with Crippen molar-refractivity contribution in [2.45, 2.75) is 6.92 Å². The second kappa shape index (κ2) is 5.95. The summed E-state index contributed by atoms with van der Waals surface area (Å²) in [6.45, 7) is 1.69. The molecule has 0 atom stereocenters. The molecule has 0 aliphatic heterocycles. The molecule has 0 aliphatic rings. The van der Waals surface area contributed by atoms with Gasteiger partial charge in [-0.1, -0.05) is 0 Å². The fraction of sp³-hybridized carbons (Fsp3) is 0.0769. The lowest BCUT2D eigenvalue weighted by Crippen LogP contribution is -1.92. The minimum atomic E-state index is -0.759. The predicted octanol–water partition coefficient (Wildman–Crippen LogP) is 3.93. The number of hydrogen-bond acceptors (Lipinski definition) is 7. The Kier molecular flexibility index (Phi) is 4.07. The van der Waals surface area contributed by atoms with Crippen LogP contribution < -0.4 is 0 Å². The number of non-ortho nitro benzene ring substituents is 1. The molecule has 0 spiro atoms. The van der Waals surface area contributed by atoms with Gasteiger partial charge in [-0.25, -0.2) is 0 Å². The summed E-state index contributed by atoms with van der Waals surface area (Å²) in [5.74, 6) is 0.0674. The van der Waals surface area contributed by atoms with Crippen molar-refractivity contribution in [3.8, 4) is 5.75 Å². The summed E-state index contributed by atoms with van der Waals surface area (Å²) < 4.78 is 0. The summed E-state index contributed by atoms with van der Waals surface area (Å²) in [6.07, 6.45) is 0. The Balaban J connectivity index is 2.42. The Morgan fingerprint density at radius 1 is 0.955 bits per heavy atom. The molecule has 22 heavy (non-hydrogen) atoms. The highest BCUT2D eigenvalue weighted by molar-refractivity contribution is 5.62. The van der Waals surface area contributed by atoms with Crippen molar-refractivity contribution < 1.29 is 15.0 Å². The number of azo groups is 1. The lowest BCUT2D eigenvalue weighted by molar-refractivity contribution is -0.393. The Bertz CT molecular complexity index is 788. The van der Waals surface area contributed by atoms with E-state index in [0.29, 0.717) is 11.3 Å². The summed E-state index contributed by atoms with van der Waals surface area (Å²) in [6, 6.07) is 7.49. The van der Waals surface area contributed by atoms with Gasteiger partial charge in [-0.3, -0.25) is 20.2 Å². The van der Waals surface area contributed by atoms with Gasteiger partial charge in [-0.2, -0.15) is 5.11 Å². The van der Waals surface area contributed by atoms with Crippen molar-refractivity contribution in [3.63, 3.8) is 0 Å². The summed E-state index contributed by atoms with van der Waals surface area (Å²) >= 11 is 0. The number of aromatic hydroxyl groups is 1. The van der Waals surface area contributed by atoms with Crippen LogP contribution in [0.4, 0.5) is 22.7 Å². The molecule has 9 nitrogen and oxygen atoms in total. The van der Waals surface area contributed by atoms with Crippen molar-refractivity contribution >= 4 is 22.7 Å². The second-order valence-corrected chi connectivity index (χ2v) is 4.36. The van der Waals surface area contributed by atoms with E-state index in [2.05, 4.69) is 10.2 Å². The maximum atomic E-state index is 11.0. The average molecular weight is 302 g/mol. The zero-order valence-corrected chi connectivity index (χ0v) is 11.3. The quantitative estimate of drug-likeness (QED) is 0.519. The van der Waals surface area contributed by atoms with Crippen LogP contribution in [0.3, 0.4) is 0 Å². The van der Waals surface area contributed by atoms with Gasteiger partial charge in [0.15, 0.2) is 5.69 Å². The Morgan fingerprint density at radius 3 is 2.18 bits per heavy atom. The van der Waals surface area contributed by atoms with Crippen LogP contribution in [0.5, 0.6) is 5.75 Å². The fourth-order valence-electron chi connectivity index (χ4n) is 1.72. The van der Waals surface area contributed by atoms with Gasteiger partial charge in [0.05, 0.1) is 21.6 Å². The number of hydrogen-bond donors (Lipinski definition) is 1. The third-order valence-electron chi connectivity index (χ3n) is 2.81. The molecule has 2 aromatic rings. The lowest BCUT2D eigenvalue weighted by Gasteiger charge is -2.00. The maximum absolute atomic E-state index is 11.0. The average Bonchev–Trinajstić information content (AvgIpc) is 2.46. The summed E-state index contributed by atoms with van der Waals surface area (Å²) in [5, 5.41) is 38.6. The number of nitro benzene ring substituents is 2. The van der Waals surface area contributed by atoms with Gasteiger partial charge in [-0.05, 0) is 36.8 Å². The minimum Gasteiger partial charge on any atom is -0.508 e. The molecule has 0 unspecified atom stereocenters. The third-order valence-corrected chi connectivity index (χ3v) is 2.81. The fourth-order valence-corrected chi connectivity index (χ4v) is 1.72. The second-order valence-electron chi connectivity index (χ2n) is 4.36. The van der Waals surface area contributed by atoms with E-state index in [-0.39, 0.29) is 11.4 Å². The first kappa shape index (κ1) is 15.0. The van der Waals surface area contributed by atoms with E-state index in [1.54, 1.807) is 6.92 Å². The number of nitro groups is 2. The summed E-state index contributed by atoms with van der Waals surface area (Å²) in [5.41, 5.74) is 0.0580. The first-order valence-electron chi connectivity index (χ1n) is 6.02. The SMILES string of the molecule is Cc1cc(O)ccc1N=Nc1ccc([N+](=O)[O-])cc1[N+](=O)[O-]. The first-order chi connectivity index (χ1) is 10.4. The van der Waals surface area contributed by atoms with Gasteiger partial charge in [0.2, 0.25) is 0 Å². The van der Waals surface area contributed by atoms with Gasteiger partial charge < -0.3 is 5.11 Å². The van der Waals surface area contributed by atoms with Crippen LogP contribution in [-0.4, -0.2) is 15.0 Å². The molecule has 0 aliphatic carbocycles. The van der Waals surface area contributed by atoms with Gasteiger partial charge >= 0.3 is 5.69 Å². The van der Waals surface area contributed by atoms with Crippen LogP contribution >= 0.6 is 0 Å². The molecule has 0 bridgehead atoms. The molecule has 0 saturated carbocycles. The number of phenolic OH excluding ortho intramolecular Hbond substituents is 1. The molecule has 112 valence electrons. The monoisotopic (exact) mass is 302 g/mol. The number of nitrogens with zero attached hydrogens (tertiary/aromatic N) is 4. The standard InChI is InChI=1S/C13H10N4O5/c1-8-6-10(18)3-5-11(8)14-15-12-4-2-9(16(19)20)7-13(12)17(21)22/h2-7,18H,1H3. The third kappa shape index (κ3) is 3.20. The van der Waals surface area contributed by atoms with E-state index in [1.165, 1.54) is 18.2 Å². The van der Waals surface area contributed by atoms with Crippen LogP contribution in [0.1, 0.15) is 5.56 Å². The highest BCUT2D eigenvalue weighted by Crippen LogP contribution is 2.33. The van der Waals surface area contributed by atoms with Gasteiger partial charge in [0.1, 0.15) is 5.75 Å². The van der Waals surface area contributed by atoms with Gasteiger partial charge in [0, 0.05) is 6.07 Å². The lowest BCUT2D eigenvalue weighted by atomic mass is 10.2. The van der Waals surface area contributed by atoms with Crippen molar-refractivity contribution in [2.75, 3.05) is 0 Å². The van der Waals surface area contributed by atoms with E-state index in [9.17, 15) is 25.3 Å². The van der Waals surface area contributed by atoms with Crippen LogP contribution in [0.15, 0.2) is 46.6 Å². The molecule has 0 radical (unpaired) electrons. The van der Waals surface area contributed by atoms with Gasteiger partial charge in [0.25, 0.3) is 5.69 Å². The molecule has 2 rings (SSSR count). The van der Waals surface area contributed by atoms with Crippen molar-refractivity contribution in [3.05, 3.63) is 62.2 Å². The van der Waals surface area contributed by atoms with E-state index in [0.717, 1.165) is 18.2 Å². The molecule has 0 aromatic heterocycles. The Morgan fingerprint density at radius 2 is 1.59 bits per heavy atom. The Hall–Kier alpha value is -3.36. The summed E-state index contributed by atoms with van der Waals surface area (Å²) in [7, 11) is 0. The van der Waals surface area contributed by atoms with Gasteiger partial charge in [-0.15, -0.1) is 5.11 Å². The minimum absolute atomic E-state index is 0.0674. The molecule has 0 amide bonds. The summed E-state index contributed by atoms with van der Waals surface area (Å²) in [4.78, 5) is 20.1. The first-order valence-corrected chi connectivity index (χ1v) is 6.02. The number of phenols is 1. The molecular formula is C13H10N4O5. The molecule has 0 saturated heterocycles. The Labute approximate surface area is 123 Å². The normalized spacial score (nSPS) is 10.8. The highest BCUT2D eigenvalue weighted by atomic mass is 16.6. The zero-order chi connectivity index (χ0) is 16.3. The van der Waals surface area contributed by atoms with E-state index < -0.39 is 21.2 Å². The van der Waals surface area contributed by atoms with Crippen LogP contribution in [-0.2, 0) is 0 Å². The van der Waals surface area contributed by atoms with Crippen LogP contribution in [0.25, 0.3) is 0 Å². The van der Waals surface area contributed by atoms with Crippen LogP contribution in [0, 0.1) is 27.2 Å². The molecule has 1 N–H and O–H groups in total. The number of aryl methyl sites for hydroxylation is 1. The largest absolute Gasteiger partial charge is 0.508 e. The van der Waals surface area contributed by atoms with Crippen molar-refractivity contribution in [1.29, 1.82) is 0 Å².